The van der Waals surface area contributed by atoms with E-state index in [0.29, 0.717) is 24.1 Å². The van der Waals surface area contributed by atoms with E-state index in [1.807, 2.05) is 56.3 Å². The molecule has 0 fully saturated rings. The fraction of sp³-hybridized carbons (Fsp3) is 0.300. The number of amides is 1. The lowest BCUT2D eigenvalue weighted by Crippen LogP contribution is -2.28. The Morgan fingerprint density at radius 3 is 2.72 bits per heavy atom. The van der Waals surface area contributed by atoms with Crippen LogP contribution in [0, 0.1) is 6.92 Å². The molecule has 0 aliphatic carbocycles. The standard InChI is InChI=1S/C20H21N5O3S/c1-13-3-6-16(7-4-13)25-20(22-23-24-25)29-12-19(26)21-14(2)15-5-8-17-18(11-15)28-10-9-27-17/h3-8,11,14H,9-10,12H2,1-2H3,(H,21,26). The van der Waals surface area contributed by atoms with Gasteiger partial charge in [0.05, 0.1) is 17.5 Å². The number of aryl methyl sites for hydroxylation is 1. The van der Waals surface area contributed by atoms with Gasteiger partial charge in [-0.3, -0.25) is 4.79 Å². The first-order chi connectivity index (χ1) is 14.1. The summed E-state index contributed by atoms with van der Waals surface area (Å²) in [5, 5.41) is 15.3. The third-order valence-electron chi connectivity index (χ3n) is 4.50. The first-order valence-corrected chi connectivity index (χ1v) is 10.3. The molecule has 4 rings (SSSR count). The van der Waals surface area contributed by atoms with Crippen LogP contribution < -0.4 is 14.8 Å². The van der Waals surface area contributed by atoms with Crippen LogP contribution in [-0.4, -0.2) is 45.1 Å². The van der Waals surface area contributed by atoms with Gasteiger partial charge in [0.2, 0.25) is 11.1 Å². The van der Waals surface area contributed by atoms with E-state index in [1.54, 1.807) is 4.68 Å². The molecule has 0 spiro atoms. The third kappa shape index (κ3) is 4.51. The second-order valence-electron chi connectivity index (χ2n) is 6.69. The number of nitrogens with zero attached hydrogens (tertiary/aromatic N) is 4. The van der Waals surface area contributed by atoms with Crippen molar-refractivity contribution in [1.29, 1.82) is 0 Å². The average Bonchev–Trinajstić information content (AvgIpc) is 3.21. The first-order valence-electron chi connectivity index (χ1n) is 9.27. The minimum Gasteiger partial charge on any atom is -0.486 e. The molecule has 1 aliphatic rings. The number of tetrazole rings is 1. The zero-order chi connectivity index (χ0) is 20.2. The summed E-state index contributed by atoms with van der Waals surface area (Å²) in [5.74, 6) is 1.55. The lowest BCUT2D eigenvalue weighted by Gasteiger charge is -2.21. The number of hydrogen-bond donors (Lipinski definition) is 1. The quantitative estimate of drug-likeness (QED) is 0.624. The number of benzene rings is 2. The number of fused-ring (bicyclic) bond motifs is 1. The molecule has 1 amide bonds. The Balaban J connectivity index is 1.36. The van der Waals surface area contributed by atoms with E-state index in [-0.39, 0.29) is 17.7 Å². The maximum Gasteiger partial charge on any atom is 0.230 e. The fourth-order valence-electron chi connectivity index (χ4n) is 2.94. The van der Waals surface area contributed by atoms with Gasteiger partial charge in [0.15, 0.2) is 11.5 Å². The molecule has 1 unspecified atom stereocenters. The molecule has 150 valence electrons. The Bertz CT molecular complexity index is 1010. The van der Waals surface area contributed by atoms with E-state index in [4.69, 9.17) is 9.47 Å². The largest absolute Gasteiger partial charge is 0.486 e. The van der Waals surface area contributed by atoms with Crippen molar-refractivity contribution in [2.24, 2.45) is 0 Å². The number of thioether (sulfide) groups is 1. The Labute approximate surface area is 172 Å². The van der Waals surface area contributed by atoms with Gasteiger partial charge in [0, 0.05) is 0 Å². The van der Waals surface area contributed by atoms with Gasteiger partial charge in [-0.05, 0) is 54.1 Å². The van der Waals surface area contributed by atoms with E-state index in [1.165, 1.54) is 11.8 Å². The van der Waals surface area contributed by atoms with E-state index in [0.717, 1.165) is 22.6 Å². The topological polar surface area (TPSA) is 91.2 Å². The number of carbonyl (C=O) groups excluding carboxylic acids is 1. The van der Waals surface area contributed by atoms with Gasteiger partial charge in [-0.25, -0.2) is 0 Å². The normalized spacial score (nSPS) is 13.7. The van der Waals surface area contributed by atoms with Gasteiger partial charge < -0.3 is 14.8 Å². The molecule has 9 heteroatoms. The van der Waals surface area contributed by atoms with Crippen LogP contribution in [0.25, 0.3) is 5.69 Å². The van der Waals surface area contributed by atoms with Crippen molar-refractivity contribution in [3.8, 4) is 17.2 Å². The number of hydrogen-bond acceptors (Lipinski definition) is 7. The van der Waals surface area contributed by atoms with E-state index < -0.39 is 0 Å². The Morgan fingerprint density at radius 2 is 1.93 bits per heavy atom. The smallest absolute Gasteiger partial charge is 0.230 e. The van der Waals surface area contributed by atoms with Gasteiger partial charge in [-0.1, -0.05) is 35.5 Å². The second-order valence-corrected chi connectivity index (χ2v) is 7.63. The number of ether oxygens (including phenoxy) is 2. The Hall–Kier alpha value is -3.07. The van der Waals surface area contributed by atoms with Crippen molar-refractivity contribution < 1.29 is 14.3 Å². The Kier molecular flexibility index (Phi) is 5.66. The summed E-state index contributed by atoms with van der Waals surface area (Å²) in [4.78, 5) is 12.4. The number of aromatic nitrogens is 4. The molecule has 1 aliphatic heterocycles. The highest BCUT2D eigenvalue weighted by atomic mass is 32.2. The summed E-state index contributed by atoms with van der Waals surface area (Å²) < 4.78 is 12.8. The van der Waals surface area contributed by atoms with Crippen LogP contribution in [0.3, 0.4) is 0 Å². The highest BCUT2D eigenvalue weighted by molar-refractivity contribution is 7.99. The Morgan fingerprint density at radius 1 is 1.17 bits per heavy atom. The molecule has 0 saturated heterocycles. The van der Waals surface area contributed by atoms with Crippen molar-refractivity contribution in [3.63, 3.8) is 0 Å². The zero-order valence-electron chi connectivity index (χ0n) is 16.2. The monoisotopic (exact) mass is 411 g/mol. The third-order valence-corrected chi connectivity index (χ3v) is 5.41. The van der Waals surface area contributed by atoms with Crippen LogP contribution in [0.2, 0.25) is 0 Å². The molecule has 1 N–H and O–H groups in total. The van der Waals surface area contributed by atoms with E-state index >= 15 is 0 Å². The van der Waals surface area contributed by atoms with Crippen molar-refractivity contribution in [1.82, 2.24) is 25.5 Å². The molecule has 2 aromatic carbocycles. The lowest BCUT2D eigenvalue weighted by atomic mass is 10.1. The van der Waals surface area contributed by atoms with E-state index in [2.05, 4.69) is 20.8 Å². The molecular formula is C20H21N5O3S. The summed E-state index contributed by atoms with van der Waals surface area (Å²) in [6, 6.07) is 13.4. The number of carbonyl (C=O) groups is 1. The summed E-state index contributed by atoms with van der Waals surface area (Å²) in [7, 11) is 0. The van der Waals surface area contributed by atoms with Crippen molar-refractivity contribution in [3.05, 3.63) is 53.6 Å². The van der Waals surface area contributed by atoms with Crippen LogP contribution in [-0.2, 0) is 4.79 Å². The van der Waals surface area contributed by atoms with Crippen LogP contribution in [0.5, 0.6) is 11.5 Å². The second kappa shape index (κ2) is 8.52. The van der Waals surface area contributed by atoms with Gasteiger partial charge >= 0.3 is 0 Å². The van der Waals surface area contributed by atoms with E-state index in [9.17, 15) is 4.79 Å². The summed E-state index contributed by atoms with van der Waals surface area (Å²) >= 11 is 1.29. The van der Waals surface area contributed by atoms with Gasteiger partial charge in [-0.2, -0.15) is 4.68 Å². The van der Waals surface area contributed by atoms with Crippen LogP contribution in [0.4, 0.5) is 0 Å². The number of nitrogens with one attached hydrogen (secondary N) is 1. The fourth-order valence-corrected chi connectivity index (χ4v) is 3.64. The van der Waals surface area contributed by atoms with Gasteiger partial charge in [0.1, 0.15) is 13.2 Å². The zero-order valence-corrected chi connectivity index (χ0v) is 17.0. The SMILES string of the molecule is Cc1ccc(-n2nnnc2SCC(=O)NC(C)c2ccc3c(c2)OCCO3)cc1. The summed E-state index contributed by atoms with van der Waals surface area (Å²) in [6.07, 6.45) is 0. The van der Waals surface area contributed by atoms with Crippen LogP contribution in [0.1, 0.15) is 24.1 Å². The predicted molar refractivity (Wildman–Crippen MR) is 109 cm³/mol. The molecule has 1 aromatic heterocycles. The number of rotatable bonds is 6. The van der Waals surface area contributed by atoms with Crippen molar-refractivity contribution >= 4 is 17.7 Å². The minimum atomic E-state index is -0.160. The summed E-state index contributed by atoms with van der Waals surface area (Å²) in [6.45, 7) is 5.04. The first kappa shape index (κ1) is 19.3. The average molecular weight is 411 g/mol. The highest BCUT2D eigenvalue weighted by Gasteiger charge is 2.17. The molecule has 29 heavy (non-hydrogen) atoms. The molecule has 1 atom stereocenters. The van der Waals surface area contributed by atoms with Crippen LogP contribution >= 0.6 is 11.8 Å². The molecular weight excluding hydrogens is 390 g/mol. The van der Waals surface area contributed by atoms with Gasteiger partial charge in [-0.15, -0.1) is 5.10 Å². The molecule has 0 saturated carbocycles. The lowest BCUT2D eigenvalue weighted by molar-refractivity contribution is -0.119. The molecule has 0 bridgehead atoms. The minimum absolute atomic E-state index is 0.101. The van der Waals surface area contributed by atoms with Crippen molar-refractivity contribution in [2.45, 2.75) is 25.0 Å². The molecule has 8 nitrogen and oxygen atoms in total. The molecule has 3 aromatic rings. The maximum absolute atomic E-state index is 12.4. The predicted octanol–water partition coefficient (Wildman–Crippen LogP) is 2.71. The highest BCUT2D eigenvalue weighted by Crippen LogP contribution is 2.32. The summed E-state index contributed by atoms with van der Waals surface area (Å²) in [5.41, 5.74) is 2.97. The van der Waals surface area contributed by atoms with Crippen molar-refractivity contribution in [2.75, 3.05) is 19.0 Å². The maximum atomic E-state index is 12.4. The van der Waals surface area contributed by atoms with Gasteiger partial charge in [0.25, 0.3) is 0 Å². The molecule has 2 heterocycles. The van der Waals surface area contributed by atoms with Crippen LogP contribution in [0.15, 0.2) is 47.6 Å². The molecule has 0 radical (unpaired) electrons.